The summed E-state index contributed by atoms with van der Waals surface area (Å²) in [5, 5.41) is 0. The molecule has 2 aliphatic rings. The van der Waals surface area contributed by atoms with Crippen molar-refractivity contribution in [2.24, 2.45) is 17.1 Å². The minimum atomic E-state index is -0.00358. The Morgan fingerprint density at radius 2 is 1.66 bits per heavy atom. The van der Waals surface area contributed by atoms with Gasteiger partial charge in [-0.15, -0.1) is 0 Å². The molecule has 156 valence electrons. The summed E-state index contributed by atoms with van der Waals surface area (Å²) < 4.78 is 0. The van der Waals surface area contributed by atoms with Gasteiger partial charge in [0, 0.05) is 25.0 Å². The van der Waals surface area contributed by atoms with Crippen LogP contribution in [0.1, 0.15) is 44.6 Å². The van der Waals surface area contributed by atoms with E-state index in [0.29, 0.717) is 5.91 Å². The van der Waals surface area contributed by atoms with Crippen LogP contribution < -0.4 is 5.73 Å². The Hall–Kier alpha value is -1.78. The molecule has 1 saturated heterocycles. The Morgan fingerprint density at radius 3 is 2.38 bits per heavy atom. The standard InChI is InChI=1S/C24H30N2O.CH4S/c1-24(2)21(22(24)23(27)26-15-8-11-18(25)14-16-26)20-13-7-6-12-19(20)17-9-4-3-5-10-17;1-2/h3-7,9-10,12-13,18,21-22H,8,11,14-16,25H2,1-2H3;2H,1H3. The van der Waals surface area contributed by atoms with Crippen molar-refractivity contribution in [2.45, 2.75) is 45.1 Å². The zero-order chi connectivity index (χ0) is 21.0. The number of nitrogens with zero attached hydrogens (tertiary/aromatic N) is 1. The summed E-state index contributed by atoms with van der Waals surface area (Å²) in [7, 11) is 0. The first kappa shape index (κ1) is 21.9. The van der Waals surface area contributed by atoms with Crippen molar-refractivity contribution in [1.29, 1.82) is 0 Å². The van der Waals surface area contributed by atoms with Gasteiger partial charge in [0.2, 0.25) is 5.91 Å². The Labute approximate surface area is 181 Å². The largest absolute Gasteiger partial charge is 0.342 e. The maximum absolute atomic E-state index is 13.4. The molecule has 3 unspecified atom stereocenters. The first-order chi connectivity index (χ1) is 14.0. The molecule has 1 amide bonds. The normalized spacial score (nSPS) is 25.4. The maximum Gasteiger partial charge on any atom is 0.226 e. The highest BCUT2D eigenvalue weighted by Gasteiger charge is 2.63. The van der Waals surface area contributed by atoms with Gasteiger partial charge in [0.05, 0.1) is 5.92 Å². The SMILES string of the molecule is CC1(C)C(C(=O)N2CCCC(N)CC2)C1c1ccccc1-c1ccccc1.CS. The van der Waals surface area contributed by atoms with Crippen molar-refractivity contribution >= 4 is 18.5 Å². The molecule has 2 fully saturated rings. The molecule has 2 N–H and O–H groups in total. The lowest BCUT2D eigenvalue weighted by Crippen LogP contribution is -2.35. The van der Waals surface area contributed by atoms with Crippen LogP contribution in [-0.4, -0.2) is 36.2 Å². The number of carbonyl (C=O) groups is 1. The smallest absolute Gasteiger partial charge is 0.226 e. The first-order valence-corrected chi connectivity index (χ1v) is 11.5. The predicted molar refractivity (Wildman–Crippen MR) is 125 cm³/mol. The zero-order valence-electron chi connectivity index (χ0n) is 17.8. The van der Waals surface area contributed by atoms with Crippen LogP contribution in [0.15, 0.2) is 54.6 Å². The van der Waals surface area contributed by atoms with Gasteiger partial charge in [-0.05, 0) is 47.6 Å². The minimum absolute atomic E-state index is 0.00358. The van der Waals surface area contributed by atoms with Crippen molar-refractivity contribution in [2.75, 3.05) is 19.3 Å². The lowest BCUT2D eigenvalue weighted by Gasteiger charge is -2.21. The van der Waals surface area contributed by atoms with Gasteiger partial charge in [-0.1, -0.05) is 68.4 Å². The van der Waals surface area contributed by atoms with Gasteiger partial charge in [-0.25, -0.2) is 0 Å². The van der Waals surface area contributed by atoms with Crippen LogP contribution in [0.4, 0.5) is 0 Å². The second-order valence-electron chi connectivity index (χ2n) is 8.75. The zero-order valence-corrected chi connectivity index (χ0v) is 18.7. The van der Waals surface area contributed by atoms with Crippen molar-refractivity contribution in [3.05, 3.63) is 60.2 Å². The maximum atomic E-state index is 13.4. The summed E-state index contributed by atoms with van der Waals surface area (Å²) in [6.07, 6.45) is 4.66. The highest BCUT2D eigenvalue weighted by Crippen LogP contribution is 2.66. The molecular weight excluding hydrogens is 376 g/mol. The molecule has 0 aromatic heterocycles. The van der Waals surface area contributed by atoms with E-state index in [1.165, 1.54) is 16.7 Å². The van der Waals surface area contributed by atoms with E-state index in [9.17, 15) is 4.79 Å². The number of hydrogen-bond donors (Lipinski definition) is 2. The van der Waals surface area contributed by atoms with E-state index in [0.717, 1.165) is 32.4 Å². The Morgan fingerprint density at radius 1 is 1.00 bits per heavy atom. The van der Waals surface area contributed by atoms with Crippen molar-refractivity contribution in [1.82, 2.24) is 4.90 Å². The molecule has 1 saturated carbocycles. The van der Waals surface area contributed by atoms with E-state index < -0.39 is 0 Å². The van der Waals surface area contributed by atoms with E-state index in [2.05, 4.69) is 79.9 Å². The fourth-order valence-corrected chi connectivity index (χ4v) is 4.87. The van der Waals surface area contributed by atoms with Crippen LogP contribution in [0.3, 0.4) is 0 Å². The van der Waals surface area contributed by atoms with Crippen LogP contribution in [0, 0.1) is 11.3 Å². The first-order valence-electron chi connectivity index (χ1n) is 10.6. The molecule has 0 spiro atoms. The molecule has 1 aliphatic heterocycles. The summed E-state index contributed by atoms with van der Waals surface area (Å²) in [5.74, 6) is 0.664. The number of benzene rings is 2. The van der Waals surface area contributed by atoms with Crippen LogP contribution >= 0.6 is 12.6 Å². The Kier molecular flexibility index (Phi) is 7.07. The molecule has 3 atom stereocenters. The number of hydrogen-bond acceptors (Lipinski definition) is 3. The van der Waals surface area contributed by atoms with Crippen molar-refractivity contribution in [3.8, 4) is 11.1 Å². The van der Waals surface area contributed by atoms with Gasteiger partial charge in [-0.3, -0.25) is 4.79 Å². The molecule has 2 aromatic rings. The van der Waals surface area contributed by atoms with Crippen molar-refractivity contribution < 1.29 is 4.79 Å². The number of likely N-dealkylation sites (tertiary alicyclic amines) is 1. The molecule has 1 heterocycles. The molecule has 0 radical (unpaired) electrons. The topological polar surface area (TPSA) is 46.3 Å². The Balaban J connectivity index is 0.00000117. The minimum Gasteiger partial charge on any atom is -0.342 e. The molecule has 0 bridgehead atoms. The number of amides is 1. The van der Waals surface area contributed by atoms with Gasteiger partial charge in [0.1, 0.15) is 0 Å². The average molecular weight is 411 g/mol. The lowest BCUT2D eigenvalue weighted by atomic mass is 9.93. The predicted octanol–water partition coefficient (Wildman–Crippen LogP) is 4.98. The summed E-state index contributed by atoms with van der Waals surface area (Å²) in [5.41, 5.74) is 9.89. The second kappa shape index (κ2) is 9.36. The van der Waals surface area contributed by atoms with E-state index in [-0.39, 0.29) is 23.3 Å². The van der Waals surface area contributed by atoms with Gasteiger partial charge < -0.3 is 10.6 Å². The Bertz CT molecular complexity index is 821. The van der Waals surface area contributed by atoms with E-state index >= 15 is 0 Å². The van der Waals surface area contributed by atoms with Crippen LogP contribution in [0.5, 0.6) is 0 Å². The van der Waals surface area contributed by atoms with Crippen LogP contribution in [-0.2, 0) is 4.79 Å². The van der Waals surface area contributed by atoms with Gasteiger partial charge in [0.15, 0.2) is 0 Å². The van der Waals surface area contributed by atoms with Gasteiger partial charge >= 0.3 is 0 Å². The van der Waals surface area contributed by atoms with Gasteiger partial charge in [-0.2, -0.15) is 12.6 Å². The molecular formula is C25H34N2OS. The highest BCUT2D eigenvalue weighted by molar-refractivity contribution is 7.79. The summed E-state index contributed by atoms with van der Waals surface area (Å²) in [6.45, 7) is 6.14. The van der Waals surface area contributed by atoms with Crippen LogP contribution in [0.2, 0.25) is 0 Å². The molecule has 4 heteroatoms. The number of carbonyl (C=O) groups excluding carboxylic acids is 1. The van der Waals surface area contributed by atoms with E-state index in [1.807, 2.05) is 6.07 Å². The number of rotatable bonds is 3. The second-order valence-corrected chi connectivity index (χ2v) is 8.75. The molecule has 2 aromatic carbocycles. The van der Waals surface area contributed by atoms with Crippen molar-refractivity contribution in [3.63, 3.8) is 0 Å². The quantitative estimate of drug-likeness (QED) is 0.701. The molecule has 29 heavy (non-hydrogen) atoms. The third-order valence-corrected chi connectivity index (χ3v) is 6.56. The summed E-state index contributed by atoms with van der Waals surface area (Å²) in [4.78, 5) is 15.4. The molecule has 1 aliphatic carbocycles. The van der Waals surface area contributed by atoms with Crippen LogP contribution in [0.25, 0.3) is 11.1 Å². The lowest BCUT2D eigenvalue weighted by molar-refractivity contribution is -0.133. The summed E-state index contributed by atoms with van der Waals surface area (Å²) >= 11 is 3.53. The highest BCUT2D eigenvalue weighted by atomic mass is 32.1. The third-order valence-electron chi connectivity index (χ3n) is 6.56. The van der Waals surface area contributed by atoms with E-state index in [4.69, 9.17) is 5.73 Å². The summed E-state index contributed by atoms with van der Waals surface area (Å²) in [6, 6.07) is 19.3. The van der Waals surface area contributed by atoms with Gasteiger partial charge in [0.25, 0.3) is 0 Å². The molecule has 4 rings (SSSR count). The average Bonchev–Trinajstić information content (AvgIpc) is 3.40. The fraction of sp³-hybridized carbons (Fsp3) is 0.480. The fourth-order valence-electron chi connectivity index (χ4n) is 4.87. The number of nitrogens with two attached hydrogens (primary N) is 1. The van der Waals surface area contributed by atoms with E-state index in [1.54, 1.807) is 6.26 Å². The third kappa shape index (κ3) is 4.54. The monoisotopic (exact) mass is 410 g/mol. The number of thiol groups is 1. The molecule has 3 nitrogen and oxygen atoms in total.